The van der Waals surface area contributed by atoms with Gasteiger partial charge >= 0.3 is 0 Å². The topological polar surface area (TPSA) is 48.0 Å². The Bertz CT molecular complexity index is 516. The molecule has 16 heavy (non-hydrogen) atoms. The number of aromatic nitrogens is 1. The molecule has 3 rings (SSSR count). The number of hydrogen-bond acceptors (Lipinski definition) is 2. The molecule has 2 aromatic rings. The molecule has 0 saturated heterocycles. The Balaban J connectivity index is 2.08. The third-order valence-electron chi connectivity index (χ3n) is 3.45. The summed E-state index contributed by atoms with van der Waals surface area (Å²) in [5, 5.41) is 14.3. The average molecular weight is 216 g/mol. The van der Waals surface area contributed by atoms with Gasteiger partial charge in [-0.25, -0.2) is 0 Å². The second-order valence-electron chi connectivity index (χ2n) is 4.56. The zero-order valence-electron chi connectivity index (χ0n) is 9.33. The Morgan fingerprint density at radius 1 is 1.38 bits per heavy atom. The maximum atomic E-state index is 9.64. The second-order valence-corrected chi connectivity index (χ2v) is 4.56. The van der Waals surface area contributed by atoms with E-state index in [2.05, 4.69) is 28.5 Å². The molecular formula is C13H16N2O. The van der Waals surface area contributed by atoms with Crippen LogP contribution >= 0.6 is 0 Å². The number of H-pyrrole nitrogens is 1. The Hall–Kier alpha value is -1.32. The second kappa shape index (κ2) is 3.61. The van der Waals surface area contributed by atoms with E-state index in [1.807, 2.05) is 13.0 Å². The molecule has 0 amide bonds. The fourth-order valence-electron chi connectivity index (χ4n) is 2.51. The van der Waals surface area contributed by atoms with E-state index in [1.165, 1.54) is 22.2 Å². The number of aromatic amines is 1. The molecule has 3 nitrogen and oxygen atoms in total. The lowest BCUT2D eigenvalue weighted by Gasteiger charge is -2.26. The minimum absolute atomic E-state index is 0.173. The van der Waals surface area contributed by atoms with Crippen LogP contribution in [0.25, 0.3) is 10.9 Å². The standard InChI is InChI=1S/C13H16N2O/c1-8(16)12-6-10-9-4-2-3-5-11(9)15-13(10)7-14-12/h2-5,8,12,14-16H,6-7H2,1H3. The van der Waals surface area contributed by atoms with E-state index in [9.17, 15) is 5.11 Å². The quantitative estimate of drug-likeness (QED) is 0.677. The summed E-state index contributed by atoms with van der Waals surface area (Å²) in [6.45, 7) is 2.66. The molecule has 0 aliphatic carbocycles. The first kappa shape index (κ1) is 9.87. The van der Waals surface area contributed by atoms with Crippen molar-refractivity contribution >= 4 is 10.9 Å². The number of nitrogens with one attached hydrogen (secondary N) is 2. The maximum Gasteiger partial charge on any atom is 0.0668 e. The van der Waals surface area contributed by atoms with Crippen LogP contribution in [0.1, 0.15) is 18.2 Å². The van der Waals surface area contributed by atoms with Crippen LogP contribution in [-0.2, 0) is 13.0 Å². The molecule has 1 aliphatic heterocycles. The van der Waals surface area contributed by atoms with Gasteiger partial charge in [-0.2, -0.15) is 0 Å². The fraction of sp³-hybridized carbons (Fsp3) is 0.385. The zero-order chi connectivity index (χ0) is 11.1. The Labute approximate surface area is 94.5 Å². The van der Waals surface area contributed by atoms with Gasteiger partial charge in [0.1, 0.15) is 0 Å². The van der Waals surface area contributed by atoms with E-state index >= 15 is 0 Å². The van der Waals surface area contributed by atoms with Crippen molar-refractivity contribution in [2.45, 2.75) is 32.0 Å². The van der Waals surface area contributed by atoms with Gasteiger partial charge in [-0.15, -0.1) is 0 Å². The molecule has 2 heterocycles. The van der Waals surface area contributed by atoms with Crippen molar-refractivity contribution in [2.75, 3.05) is 0 Å². The smallest absolute Gasteiger partial charge is 0.0668 e. The SMILES string of the molecule is CC(O)C1Cc2c([nH]c3ccccc23)CN1. The minimum atomic E-state index is -0.304. The molecular weight excluding hydrogens is 200 g/mol. The highest BCUT2D eigenvalue weighted by Crippen LogP contribution is 2.26. The zero-order valence-corrected chi connectivity index (χ0v) is 9.33. The molecule has 0 spiro atoms. The largest absolute Gasteiger partial charge is 0.392 e. The Kier molecular flexibility index (Phi) is 2.23. The summed E-state index contributed by atoms with van der Waals surface area (Å²) in [6, 6.07) is 8.53. The minimum Gasteiger partial charge on any atom is -0.392 e. The highest BCUT2D eigenvalue weighted by atomic mass is 16.3. The molecule has 1 aromatic heterocycles. The molecule has 0 fully saturated rings. The van der Waals surface area contributed by atoms with E-state index in [0.717, 1.165) is 13.0 Å². The maximum absolute atomic E-state index is 9.64. The molecule has 3 N–H and O–H groups in total. The van der Waals surface area contributed by atoms with Gasteiger partial charge in [-0.05, 0) is 25.0 Å². The van der Waals surface area contributed by atoms with Gasteiger partial charge in [0, 0.05) is 29.2 Å². The van der Waals surface area contributed by atoms with Gasteiger partial charge in [0.15, 0.2) is 0 Å². The highest BCUT2D eigenvalue weighted by Gasteiger charge is 2.24. The van der Waals surface area contributed by atoms with Crippen LogP contribution in [0.2, 0.25) is 0 Å². The third-order valence-corrected chi connectivity index (χ3v) is 3.45. The molecule has 0 radical (unpaired) electrons. The van der Waals surface area contributed by atoms with Crippen molar-refractivity contribution in [2.24, 2.45) is 0 Å². The van der Waals surface area contributed by atoms with Crippen LogP contribution < -0.4 is 5.32 Å². The molecule has 2 atom stereocenters. The van der Waals surface area contributed by atoms with Gasteiger partial charge in [-0.3, -0.25) is 0 Å². The van der Waals surface area contributed by atoms with Crippen molar-refractivity contribution < 1.29 is 5.11 Å². The van der Waals surface area contributed by atoms with Gasteiger partial charge in [0.05, 0.1) is 6.10 Å². The number of aliphatic hydroxyl groups excluding tert-OH is 1. The summed E-state index contributed by atoms with van der Waals surface area (Å²) >= 11 is 0. The normalized spacial score (nSPS) is 22.0. The van der Waals surface area contributed by atoms with E-state index in [1.54, 1.807) is 0 Å². The van der Waals surface area contributed by atoms with Gasteiger partial charge in [-0.1, -0.05) is 18.2 Å². The van der Waals surface area contributed by atoms with Crippen LogP contribution in [0.4, 0.5) is 0 Å². The van der Waals surface area contributed by atoms with Gasteiger partial charge in [0.2, 0.25) is 0 Å². The lowest BCUT2D eigenvalue weighted by atomic mass is 9.96. The first-order chi connectivity index (χ1) is 7.75. The summed E-state index contributed by atoms with van der Waals surface area (Å²) in [4.78, 5) is 3.43. The van der Waals surface area contributed by atoms with E-state index < -0.39 is 0 Å². The van der Waals surface area contributed by atoms with E-state index in [4.69, 9.17) is 0 Å². The van der Waals surface area contributed by atoms with Crippen molar-refractivity contribution in [3.8, 4) is 0 Å². The predicted molar refractivity (Wildman–Crippen MR) is 64.3 cm³/mol. The van der Waals surface area contributed by atoms with Gasteiger partial charge < -0.3 is 15.4 Å². The summed E-state index contributed by atoms with van der Waals surface area (Å²) in [5.74, 6) is 0. The van der Waals surface area contributed by atoms with Crippen LogP contribution in [0, 0.1) is 0 Å². The van der Waals surface area contributed by atoms with E-state index in [0.29, 0.717) is 0 Å². The number of rotatable bonds is 1. The van der Waals surface area contributed by atoms with Gasteiger partial charge in [0.25, 0.3) is 0 Å². The summed E-state index contributed by atoms with van der Waals surface area (Å²) in [6.07, 6.45) is 0.596. The highest BCUT2D eigenvalue weighted by molar-refractivity contribution is 5.84. The van der Waals surface area contributed by atoms with Crippen LogP contribution in [0.3, 0.4) is 0 Å². The number of hydrogen-bond donors (Lipinski definition) is 3. The third kappa shape index (κ3) is 1.44. The molecule has 0 bridgehead atoms. The van der Waals surface area contributed by atoms with Crippen molar-refractivity contribution in [1.82, 2.24) is 10.3 Å². The molecule has 1 aliphatic rings. The lowest BCUT2D eigenvalue weighted by Crippen LogP contribution is -2.42. The lowest BCUT2D eigenvalue weighted by molar-refractivity contribution is 0.140. The fourth-order valence-corrected chi connectivity index (χ4v) is 2.51. The number of benzene rings is 1. The number of para-hydroxylation sites is 1. The first-order valence-electron chi connectivity index (χ1n) is 5.75. The average Bonchev–Trinajstić information content (AvgIpc) is 2.66. The molecule has 0 saturated carbocycles. The molecule has 3 heteroatoms. The van der Waals surface area contributed by atoms with Crippen molar-refractivity contribution in [1.29, 1.82) is 0 Å². The van der Waals surface area contributed by atoms with Crippen LogP contribution in [-0.4, -0.2) is 22.2 Å². The first-order valence-corrected chi connectivity index (χ1v) is 5.75. The Morgan fingerprint density at radius 3 is 3.00 bits per heavy atom. The number of aliphatic hydroxyl groups is 1. The predicted octanol–water partition coefficient (Wildman–Crippen LogP) is 1.56. The van der Waals surface area contributed by atoms with Crippen LogP contribution in [0.5, 0.6) is 0 Å². The molecule has 1 aromatic carbocycles. The Morgan fingerprint density at radius 2 is 2.19 bits per heavy atom. The summed E-state index contributed by atoms with van der Waals surface area (Å²) in [7, 11) is 0. The van der Waals surface area contributed by atoms with Crippen LogP contribution in [0.15, 0.2) is 24.3 Å². The summed E-state index contributed by atoms with van der Waals surface area (Å²) in [5.41, 5.74) is 3.82. The summed E-state index contributed by atoms with van der Waals surface area (Å²) < 4.78 is 0. The molecule has 84 valence electrons. The van der Waals surface area contributed by atoms with Crippen molar-refractivity contribution in [3.05, 3.63) is 35.5 Å². The van der Waals surface area contributed by atoms with E-state index in [-0.39, 0.29) is 12.1 Å². The molecule has 2 unspecified atom stereocenters. The van der Waals surface area contributed by atoms with Crippen molar-refractivity contribution in [3.63, 3.8) is 0 Å². The monoisotopic (exact) mass is 216 g/mol. The number of fused-ring (bicyclic) bond motifs is 3.